The molecule has 0 nitrogen and oxygen atoms in total. The van der Waals surface area contributed by atoms with Gasteiger partial charge < -0.3 is 0 Å². The van der Waals surface area contributed by atoms with Crippen LogP contribution in [0.15, 0.2) is 0 Å². The van der Waals surface area contributed by atoms with Crippen LogP contribution in [-0.4, -0.2) is 11.0 Å². The average molecular weight is 170 g/mol. The molecule has 0 aromatic rings. The van der Waals surface area contributed by atoms with Crippen LogP contribution in [0.2, 0.25) is 0 Å². The number of hydrogen-bond donors (Lipinski definition) is 0. The molecule has 0 bridgehead atoms. The Morgan fingerprint density at radius 1 is 1.18 bits per heavy atom. The Labute approximate surface area is 74.1 Å². The van der Waals surface area contributed by atoms with Crippen molar-refractivity contribution in [2.45, 2.75) is 44.3 Å². The Morgan fingerprint density at radius 3 is 2.91 bits per heavy atom. The quantitative estimate of drug-likeness (QED) is 0.537. The topological polar surface area (TPSA) is 0 Å². The van der Waals surface area contributed by atoms with Gasteiger partial charge in [-0.25, -0.2) is 0 Å². The summed E-state index contributed by atoms with van der Waals surface area (Å²) in [4.78, 5) is 0. The van der Waals surface area contributed by atoms with Gasteiger partial charge in [-0.3, -0.25) is 0 Å². The van der Waals surface area contributed by atoms with Gasteiger partial charge in [0, 0.05) is 5.25 Å². The third-order valence-electron chi connectivity index (χ3n) is 3.14. The minimum Gasteiger partial charge on any atom is -0.158 e. The van der Waals surface area contributed by atoms with Gasteiger partial charge in [0.15, 0.2) is 0 Å². The Hall–Kier alpha value is 0.350. The molecule has 1 heterocycles. The van der Waals surface area contributed by atoms with Gasteiger partial charge in [0.1, 0.15) is 0 Å². The smallest absolute Gasteiger partial charge is 0.00755 e. The van der Waals surface area contributed by atoms with E-state index < -0.39 is 0 Å². The molecular formula is C10H18S. The first kappa shape index (κ1) is 7.97. The van der Waals surface area contributed by atoms with E-state index >= 15 is 0 Å². The molecule has 1 aliphatic heterocycles. The molecule has 0 amide bonds. The maximum absolute atomic E-state index is 2.41. The van der Waals surface area contributed by atoms with Crippen molar-refractivity contribution in [3.05, 3.63) is 0 Å². The zero-order chi connectivity index (χ0) is 7.68. The van der Waals surface area contributed by atoms with Crippen LogP contribution in [0.4, 0.5) is 0 Å². The van der Waals surface area contributed by atoms with Crippen molar-refractivity contribution in [3.63, 3.8) is 0 Å². The summed E-state index contributed by atoms with van der Waals surface area (Å²) < 4.78 is 0. The Balaban J connectivity index is 1.93. The maximum atomic E-state index is 2.41. The second-order valence-electron chi connectivity index (χ2n) is 4.26. The highest BCUT2D eigenvalue weighted by Gasteiger charge is 2.30. The number of thioether (sulfide) groups is 1. The average Bonchev–Trinajstić information content (AvgIpc) is 2.04. The first-order valence-corrected chi connectivity index (χ1v) is 6.03. The lowest BCUT2D eigenvalue weighted by molar-refractivity contribution is 0.304. The predicted octanol–water partition coefficient (Wildman–Crippen LogP) is 3.32. The van der Waals surface area contributed by atoms with Crippen LogP contribution in [0.5, 0.6) is 0 Å². The van der Waals surface area contributed by atoms with E-state index in [0.717, 1.165) is 17.1 Å². The van der Waals surface area contributed by atoms with Crippen molar-refractivity contribution in [2.75, 3.05) is 5.75 Å². The minimum absolute atomic E-state index is 0.999. The lowest BCUT2D eigenvalue weighted by Crippen LogP contribution is -2.29. The van der Waals surface area contributed by atoms with Crippen LogP contribution >= 0.6 is 11.8 Å². The van der Waals surface area contributed by atoms with Gasteiger partial charge in [-0.2, -0.15) is 11.8 Å². The standard InChI is InChI=1S/C10H18S/c1-8-6-9-4-2-3-5-10(9)11-7-8/h8-10H,2-7H2,1H3/t8-,9-,10-/m1/s1. The van der Waals surface area contributed by atoms with Crippen molar-refractivity contribution in [1.29, 1.82) is 0 Å². The fraction of sp³-hybridized carbons (Fsp3) is 1.00. The lowest BCUT2D eigenvalue weighted by atomic mass is 9.83. The molecule has 0 spiro atoms. The van der Waals surface area contributed by atoms with E-state index in [9.17, 15) is 0 Å². The summed E-state index contributed by atoms with van der Waals surface area (Å²) in [6.45, 7) is 2.41. The molecule has 1 saturated heterocycles. The highest BCUT2D eigenvalue weighted by Crippen LogP contribution is 2.42. The third kappa shape index (κ3) is 1.74. The first-order chi connectivity index (χ1) is 5.36. The molecule has 2 aliphatic rings. The van der Waals surface area contributed by atoms with Crippen molar-refractivity contribution in [1.82, 2.24) is 0 Å². The van der Waals surface area contributed by atoms with Gasteiger partial charge in [-0.15, -0.1) is 0 Å². The minimum atomic E-state index is 0.999. The van der Waals surface area contributed by atoms with Gasteiger partial charge in [0.25, 0.3) is 0 Å². The SMILES string of the molecule is C[C@H]1CS[C@@H]2CCCC[C@@H]2C1. The van der Waals surface area contributed by atoms with Gasteiger partial charge in [0.2, 0.25) is 0 Å². The van der Waals surface area contributed by atoms with E-state index in [0.29, 0.717) is 0 Å². The third-order valence-corrected chi connectivity index (χ3v) is 4.95. The summed E-state index contributed by atoms with van der Waals surface area (Å²) >= 11 is 2.26. The van der Waals surface area contributed by atoms with Crippen LogP contribution in [0.1, 0.15) is 39.0 Å². The van der Waals surface area contributed by atoms with Gasteiger partial charge in [-0.1, -0.05) is 19.8 Å². The van der Waals surface area contributed by atoms with Crippen molar-refractivity contribution in [3.8, 4) is 0 Å². The van der Waals surface area contributed by atoms with Crippen molar-refractivity contribution < 1.29 is 0 Å². The Bertz CT molecular complexity index is 133. The Kier molecular flexibility index (Phi) is 2.45. The highest BCUT2D eigenvalue weighted by molar-refractivity contribution is 7.99. The molecule has 2 fully saturated rings. The summed E-state index contributed by atoms with van der Waals surface area (Å²) in [5.41, 5.74) is 0. The molecule has 0 aromatic heterocycles. The number of fused-ring (bicyclic) bond motifs is 1. The largest absolute Gasteiger partial charge is 0.158 e. The second-order valence-corrected chi connectivity index (χ2v) is 5.53. The molecule has 0 N–H and O–H groups in total. The van der Waals surface area contributed by atoms with Gasteiger partial charge in [-0.05, 0) is 36.9 Å². The van der Waals surface area contributed by atoms with E-state index in [-0.39, 0.29) is 0 Å². The first-order valence-electron chi connectivity index (χ1n) is 4.98. The molecule has 1 saturated carbocycles. The molecule has 1 aliphatic carbocycles. The van der Waals surface area contributed by atoms with Crippen LogP contribution in [0.25, 0.3) is 0 Å². The summed E-state index contributed by atoms with van der Waals surface area (Å²) in [6.07, 6.45) is 7.58. The Morgan fingerprint density at radius 2 is 2.00 bits per heavy atom. The van der Waals surface area contributed by atoms with Crippen LogP contribution in [0.3, 0.4) is 0 Å². The highest BCUT2D eigenvalue weighted by atomic mass is 32.2. The van der Waals surface area contributed by atoms with Crippen molar-refractivity contribution >= 4 is 11.8 Å². The normalized spacial score (nSPS) is 45.0. The number of rotatable bonds is 0. The van der Waals surface area contributed by atoms with E-state index in [1.54, 1.807) is 0 Å². The zero-order valence-corrected chi connectivity index (χ0v) is 8.20. The van der Waals surface area contributed by atoms with Crippen molar-refractivity contribution in [2.24, 2.45) is 11.8 Å². The summed E-state index contributed by atoms with van der Waals surface area (Å²) in [5.74, 6) is 3.53. The van der Waals surface area contributed by atoms with E-state index in [1.807, 2.05) is 0 Å². The van der Waals surface area contributed by atoms with Crippen LogP contribution in [-0.2, 0) is 0 Å². The van der Waals surface area contributed by atoms with E-state index in [4.69, 9.17) is 0 Å². The molecule has 64 valence electrons. The van der Waals surface area contributed by atoms with E-state index in [1.165, 1.54) is 37.9 Å². The van der Waals surface area contributed by atoms with Crippen LogP contribution in [0, 0.1) is 11.8 Å². The fourth-order valence-electron chi connectivity index (χ4n) is 2.54. The fourth-order valence-corrected chi connectivity index (χ4v) is 4.10. The predicted molar refractivity (Wildman–Crippen MR) is 52.0 cm³/mol. The molecule has 3 atom stereocenters. The maximum Gasteiger partial charge on any atom is 0.00755 e. The monoisotopic (exact) mass is 170 g/mol. The van der Waals surface area contributed by atoms with Gasteiger partial charge >= 0.3 is 0 Å². The zero-order valence-electron chi connectivity index (χ0n) is 7.38. The molecule has 0 aromatic carbocycles. The van der Waals surface area contributed by atoms with Gasteiger partial charge in [0.05, 0.1) is 0 Å². The molecule has 0 radical (unpaired) electrons. The summed E-state index contributed by atoms with van der Waals surface area (Å²) in [7, 11) is 0. The summed E-state index contributed by atoms with van der Waals surface area (Å²) in [6, 6.07) is 0. The summed E-state index contributed by atoms with van der Waals surface area (Å²) in [5, 5.41) is 1.06. The molecule has 11 heavy (non-hydrogen) atoms. The molecule has 0 unspecified atom stereocenters. The molecular weight excluding hydrogens is 152 g/mol. The molecule has 2 rings (SSSR count). The second kappa shape index (κ2) is 3.38. The van der Waals surface area contributed by atoms with Crippen LogP contribution < -0.4 is 0 Å². The lowest BCUT2D eigenvalue weighted by Gasteiger charge is -2.37. The van der Waals surface area contributed by atoms with E-state index in [2.05, 4.69) is 18.7 Å². The number of hydrogen-bond acceptors (Lipinski definition) is 1. The molecule has 1 heteroatoms.